The molecule has 0 aromatic rings. The quantitative estimate of drug-likeness (QED) is 0.693. The molecule has 122 valence electrons. The summed E-state index contributed by atoms with van der Waals surface area (Å²) in [6, 6.07) is -0.737. The van der Waals surface area contributed by atoms with Crippen LogP contribution in [-0.2, 0) is 19.1 Å². The third-order valence-corrected chi connectivity index (χ3v) is 2.30. The van der Waals surface area contributed by atoms with Gasteiger partial charge in [-0.05, 0) is 34.1 Å². The van der Waals surface area contributed by atoms with E-state index in [9.17, 15) is 14.4 Å². The molecule has 0 saturated heterocycles. The number of carbonyl (C=O) groups is 3. The molecule has 0 aliphatic carbocycles. The van der Waals surface area contributed by atoms with E-state index in [0.717, 1.165) is 0 Å². The summed E-state index contributed by atoms with van der Waals surface area (Å²) < 4.78 is 9.82. The van der Waals surface area contributed by atoms with Gasteiger partial charge in [0.1, 0.15) is 18.2 Å². The van der Waals surface area contributed by atoms with Gasteiger partial charge in [-0.15, -0.1) is 0 Å². The molecule has 0 saturated carbocycles. The van der Waals surface area contributed by atoms with E-state index in [0.29, 0.717) is 12.8 Å². The van der Waals surface area contributed by atoms with Gasteiger partial charge in [-0.3, -0.25) is 9.59 Å². The molecule has 7 nitrogen and oxygen atoms in total. The lowest BCUT2D eigenvalue weighted by molar-refractivity contribution is -0.143. The Hall–Kier alpha value is -1.79. The fourth-order valence-corrected chi connectivity index (χ4v) is 1.50. The number of rotatable bonds is 7. The number of nitrogens with one attached hydrogen (secondary N) is 2. The Bertz CT molecular complexity index is 363. The molecule has 0 radical (unpaired) electrons. The van der Waals surface area contributed by atoms with E-state index in [2.05, 4.69) is 10.6 Å². The minimum atomic E-state index is -0.737. The lowest BCUT2D eigenvalue weighted by atomic mass is 10.1. The van der Waals surface area contributed by atoms with E-state index in [-0.39, 0.29) is 13.2 Å². The molecule has 0 bridgehead atoms. The zero-order chi connectivity index (χ0) is 16.5. The molecule has 0 fully saturated rings. The monoisotopic (exact) mass is 302 g/mol. The lowest BCUT2D eigenvalue weighted by Crippen LogP contribution is -2.49. The van der Waals surface area contributed by atoms with Crippen molar-refractivity contribution in [3.63, 3.8) is 0 Å². The van der Waals surface area contributed by atoms with Crippen LogP contribution in [-0.4, -0.2) is 42.8 Å². The van der Waals surface area contributed by atoms with Crippen LogP contribution in [0.5, 0.6) is 0 Å². The van der Waals surface area contributed by atoms with Crippen molar-refractivity contribution in [2.75, 3.05) is 13.2 Å². The summed E-state index contributed by atoms with van der Waals surface area (Å²) in [5.41, 5.74) is -0.637. The van der Waals surface area contributed by atoms with Crippen molar-refractivity contribution < 1.29 is 23.9 Å². The second-order valence-corrected chi connectivity index (χ2v) is 5.51. The van der Waals surface area contributed by atoms with Crippen LogP contribution in [0.1, 0.15) is 47.5 Å². The van der Waals surface area contributed by atoms with E-state index in [4.69, 9.17) is 9.47 Å². The SMILES string of the molecule is CCCC(NC(=O)OC(C)(C)C)C(=O)NCC(=O)OCC. The molecule has 21 heavy (non-hydrogen) atoms. The normalized spacial score (nSPS) is 12.2. The maximum absolute atomic E-state index is 12.0. The molecule has 0 spiro atoms. The minimum Gasteiger partial charge on any atom is -0.465 e. The summed E-state index contributed by atoms with van der Waals surface area (Å²) >= 11 is 0. The van der Waals surface area contributed by atoms with Crippen LogP contribution in [0.2, 0.25) is 0 Å². The average Bonchev–Trinajstić information content (AvgIpc) is 2.33. The first-order valence-electron chi connectivity index (χ1n) is 7.12. The van der Waals surface area contributed by atoms with Crippen molar-refractivity contribution in [1.29, 1.82) is 0 Å². The summed E-state index contributed by atoms with van der Waals surface area (Å²) in [6.07, 6.45) is 0.494. The molecule has 0 aromatic heterocycles. The van der Waals surface area contributed by atoms with Crippen molar-refractivity contribution in [3.8, 4) is 0 Å². The molecule has 1 atom stereocenters. The first kappa shape index (κ1) is 19.2. The van der Waals surface area contributed by atoms with Gasteiger partial charge < -0.3 is 20.1 Å². The van der Waals surface area contributed by atoms with Gasteiger partial charge in [-0.1, -0.05) is 13.3 Å². The smallest absolute Gasteiger partial charge is 0.408 e. The largest absolute Gasteiger partial charge is 0.465 e. The third kappa shape index (κ3) is 9.70. The molecule has 2 N–H and O–H groups in total. The topological polar surface area (TPSA) is 93.7 Å². The van der Waals surface area contributed by atoms with E-state index in [1.165, 1.54) is 0 Å². The standard InChI is InChI=1S/C14H26N2O5/c1-6-8-10(16-13(19)21-14(3,4)5)12(18)15-9-11(17)20-7-2/h10H,6-9H2,1-5H3,(H,15,18)(H,16,19). The molecule has 7 heteroatoms. The molecule has 0 aliphatic heterocycles. The summed E-state index contributed by atoms with van der Waals surface area (Å²) in [5.74, 6) is -0.950. The number of hydrogen-bond acceptors (Lipinski definition) is 5. The van der Waals surface area contributed by atoms with E-state index < -0.39 is 29.6 Å². The fraction of sp³-hybridized carbons (Fsp3) is 0.786. The van der Waals surface area contributed by atoms with E-state index in [1.54, 1.807) is 27.7 Å². The molecule has 0 heterocycles. The summed E-state index contributed by atoms with van der Waals surface area (Å²) in [5, 5.41) is 4.94. The first-order chi connectivity index (χ1) is 9.69. The van der Waals surface area contributed by atoms with Gasteiger partial charge in [0.05, 0.1) is 6.61 Å². The molecular formula is C14H26N2O5. The van der Waals surface area contributed by atoms with Crippen LogP contribution >= 0.6 is 0 Å². The molecule has 0 aliphatic rings. The molecule has 2 amide bonds. The summed E-state index contributed by atoms with van der Waals surface area (Å²) in [6.45, 7) is 8.82. The Morgan fingerprint density at radius 1 is 1.14 bits per heavy atom. The second-order valence-electron chi connectivity index (χ2n) is 5.51. The van der Waals surface area contributed by atoms with Crippen LogP contribution in [0.3, 0.4) is 0 Å². The Balaban J connectivity index is 4.42. The molecule has 0 aromatic carbocycles. The predicted octanol–water partition coefficient (Wildman–Crippen LogP) is 1.36. The third-order valence-electron chi connectivity index (χ3n) is 2.30. The highest BCUT2D eigenvalue weighted by atomic mass is 16.6. The van der Waals surface area contributed by atoms with Gasteiger partial charge >= 0.3 is 12.1 Å². The van der Waals surface area contributed by atoms with Crippen LogP contribution in [0, 0.1) is 0 Å². The Morgan fingerprint density at radius 3 is 2.24 bits per heavy atom. The van der Waals surface area contributed by atoms with Crippen molar-refractivity contribution in [1.82, 2.24) is 10.6 Å². The number of hydrogen-bond donors (Lipinski definition) is 2. The number of carbonyl (C=O) groups excluding carboxylic acids is 3. The van der Waals surface area contributed by atoms with Crippen LogP contribution < -0.4 is 10.6 Å². The number of ether oxygens (including phenoxy) is 2. The average molecular weight is 302 g/mol. The summed E-state index contributed by atoms with van der Waals surface area (Å²) in [4.78, 5) is 34.8. The van der Waals surface area contributed by atoms with Gasteiger partial charge in [0.25, 0.3) is 0 Å². The highest BCUT2D eigenvalue weighted by Crippen LogP contribution is 2.07. The second kappa shape index (κ2) is 9.20. The Morgan fingerprint density at radius 2 is 1.76 bits per heavy atom. The van der Waals surface area contributed by atoms with Crippen molar-refractivity contribution in [2.24, 2.45) is 0 Å². The Kier molecular flexibility index (Phi) is 8.42. The van der Waals surface area contributed by atoms with Crippen molar-refractivity contribution in [3.05, 3.63) is 0 Å². The maximum Gasteiger partial charge on any atom is 0.408 e. The van der Waals surface area contributed by atoms with E-state index >= 15 is 0 Å². The van der Waals surface area contributed by atoms with Gasteiger partial charge in [-0.2, -0.15) is 0 Å². The summed E-state index contributed by atoms with van der Waals surface area (Å²) in [7, 11) is 0. The van der Waals surface area contributed by atoms with Crippen LogP contribution in [0.25, 0.3) is 0 Å². The highest BCUT2D eigenvalue weighted by Gasteiger charge is 2.24. The van der Waals surface area contributed by atoms with Crippen molar-refractivity contribution >= 4 is 18.0 Å². The van der Waals surface area contributed by atoms with Crippen molar-refractivity contribution in [2.45, 2.75) is 59.1 Å². The number of amides is 2. The lowest BCUT2D eigenvalue weighted by Gasteiger charge is -2.23. The van der Waals surface area contributed by atoms with Gasteiger partial charge in [0.15, 0.2) is 0 Å². The maximum atomic E-state index is 12.0. The molecule has 1 unspecified atom stereocenters. The van der Waals surface area contributed by atoms with E-state index in [1.807, 2.05) is 6.92 Å². The van der Waals surface area contributed by atoms with Gasteiger partial charge in [0.2, 0.25) is 5.91 Å². The van der Waals surface area contributed by atoms with Crippen LogP contribution in [0.15, 0.2) is 0 Å². The van der Waals surface area contributed by atoms with Gasteiger partial charge in [-0.25, -0.2) is 4.79 Å². The molecular weight excluding hydrogens is 276 g/mol. The molecule has 0 rings (SSSR count). The highest BCUT2D eigenvalue weighted by molar-refractivity contribution is 5.88. The fourth-order valence-electron chi connectivity index (χ4n) is 1.50. The minimum absolute atomic E-state index is 0.219. The number of esters is 1. The number of alkyl carbamates (subject to hydrolysis) is 1. The zero-order valence-electron chi connectivity index (χ0n) is 13.4. The van der Waals surface area contributed by atoms with Gasteiger partial charge in [0, 0.05) is 0 Å². The van der Waals surface area contributed by atoms with Crippen LogP contribution in [0.4, 0.5) is 4.79 Å². The predicted molar refractivity (Wildman–Crippen MR) is 77.7 cm³/mol. The zero-order valence-corrected chi connectivity index (χ0v) is 13.4. The Labute approximate surface area is 125 Å². The first-order valence-corrected chi connectivity index (χ1v) is 7.12.